The van der Waals surface area contributed by atoms with Gasteiger partial charge in [-0.25, -0.2) is 0 Å². The Bertz CT molecular complexity index is 702. The standard InChI is InChI=1S/C19H22BrN3O2/c1-23(2)17(14-6-4-3-5-7-14)12-21-18(24)13-22-19(25)15-8-10-16(20)11-9-15/h3-11,17H,12-13H2,1-2H3,(H,21,24)(H,22,25)/p+1/t17-/m1/s1. The Morgan fingerprint density at radius 1 is 1.00 bits per heavy atom. The van der Waals surface area contributed by atoms with Crippen LogP contribution in [0.1, 0.15) is 22.0 Å². The second kappa shape index (κ2) is 9.34. The maximum absolute atomic E-state index is 12.0. The monoisotopic (exact) mass is 404 g/mol. The zero-order chi connectivity index (χ0) is 18.2. The predicted molar refractivity (Wildman–Crippen MR) is 101 cm³/mol. The minimum absolute atomic E-state index is 0.0425. The Hall–Kier alpha value is -2.18. The van der Waals surface area contributed by atoms with E-state index in [4.69, 9.17) is 0 Å². The van der Waals surface area contributed by atoms with E-state index in [1.807, 2.05) is 18.2 Å². The van der Waals surface area contributed by atoms with Crippen molar-refractivity contribution in [3.05, 3.63) is 70.2 Å². The van der Waals surface area contributed by atoms with Gasteiger partial charge in [-0.3, -0.25) is 9.59 Å². The molecule has 2 rings (SSSR count). The van der Waals surface area contributed by atoms with Gasteiger partial charge in [0.2, 0.25) is 5.91 Å². The van der Waals surface area contributed by atoms with E-state index < -0.39 is 0 Å². The minimum Gasteiger partial charge on any atom is -0.348 e. The first kappa shape index (κ1) is 19.1. The largest absolute Gasteiger partial charge is 0.348 e. The lowest BCUT2D eigenvalue weighted by Gasteiger charge is -2.22. The van der Waals surface area contributed by atoms with Crippen molar-refractivity contribution in [3.63, 3.8) is 0 Å². The Kier molecular flexibility index (Phi) is 7.16. The van der Waals surface area contributed by atoms with Gasteiger partial charge < -0.3 is 15.5 Å². The summed E-state index contributed by atoms with van der Waals surface area (Å²) in [5.41, 5.74) is 1.69. The second-order valence-electron chi connectivity index (χ2n) is 6.03. The number of rotatable bonds is 7. The van der Waals surface area contributed by atoms with Gasteiger partial charge in [-0.1, -0.05) is 46.3 Å². The van der Waals surface area contributed by atoms with Crippen LogP contribution in [0.2, 0.25) is 0 Å². The summed E-state index contributed by atoms with van der Waals surface area (Å²) in [6, 6.07) is 17.2. The van der Waals surface area contributed by atoms with Crippen LogP contribution in [0.5, 0.6) is 0 Å². The van der Waals surface area contributed by atoms with Crippen molar-refractivity contribution in [2.24, 2.45) is 0 Å². The highest BCUT2D eigenvalue weighted by Crippen LogP contribution is 2.10. The van der Waals surface area contributed by atoms with Crippen molar-refractivity contribution in [1.29, 1.82) is 0 Å². The SMILES string of the molecule is C[NH+](C)[C@H](CNC(=O)CNC(=O)c1ccc(Br)cc1)c1ccccc1. The summed E-state index contributed by atoms with van der Waals surface area (Å²) in [7, 11) is 4.11. The summed E-state index contributed by atoms with van der Waals surface area (Å²) >= 11 is 3.32. The van der Waals surface area contributed by atoms with Crippen LogP contribution in [-0.2, 0) is 4.79 Å². The summed E-state index contributed by atoms with van der Waals surface area (Å²) in [4.78, 5) is 25.3. The summed E-state index contributed by atoms with van der Waals surface area (Å²) in [6.07, 6.45) is 0. The van der Waals surface area contributed by atoms with E-state index in [9.17, 15) is 9.59 Å². The van der Waals surface area contributed by atoms with E-state index >= 15 is 0 Å². The topological polar surface area (TPSA) is 62.6 Å². The van der Waals surface area contributed by atoms with E-state index in [0.29, 0.717) is 12.1 Å². The van der Waals surface area contributed by atoms with E-state index in [-0.39, 0.29) is 24.4 Å². The molecule has 0 aliphatic heterocycles. The molecule has 0 aromatic heterocycles. The molecule has 0 heterocycles. The molecule has 0 saturated heterocycles. The quantitative estimate of drug-likeness (QED) is 0.648. The van der Waals surface area contributed by atoms with Crippen molar-refractivity contribution in [1.82, 2.24) is 10.6 Å². The van der Waals surface area contributed by atoms with Crippen molar-refractivity contribution in [3.8, 4) is 0 Å². The van der Waals surface area contributed by atoms with Gasteiger partial charge in [0.15, 0.2) is 0 Å². The lowest BCUT2D eigenvalue weighted by molar-refractivity contribution is -0.890. The first-order valence-corrected chi connectivity index (χ1v) is 8.92. The first-order chi connectivity index (χ1) is 12.0. The fraction of sp³-hybridized carbons (Fsp3) is 0.263. The Labute approximate surface area is 156 Å². The normalized spacial score (nSPS) is 11.8. The Balaban J connectivity index is 1.83. The van der Waals surface area contributed by atoms with Crippen LogP contribution in [0.15, 0.2) is 59.1 Å². The molecular weight excluding hydrogens is 382 g/mol. The molecule has 0 spiro atoms. The van der Waals surface area contributed by atoms with E-state index in [0.717, 1.165) is 4.47 Å². The molecule has 0 saturated carbocycles. The molecule has 2 aromatic rings. The van der Waals surface area contributed by atoms with Gasteiger partial charge in [-0.2, -0.15) is 0 Å². The molecule has 5 nitrogen and oxygen atoms in total. The third-order valence-corrected chi connectivity index (χ3v) is 4.45. The van der Waals surface area contributed by atoms with Gasteiger partial charge in [-0.15, -0.1) is 0 Å². The third kappa shape index (κ3) is 5.99. The smallest absolute Gasteiger partial charge is 0.251 e. The molecule has 25 heavy (non-hydrogen) atoms. The number of carbonyl (C=O) groups excluding carboxylic acids is 2. The molecule has 132 valence electrons. The van der Waals surface area contributed by atoms with E-state index in [2.05, 4.69) is 52.8 Å². The molecule has 2 aromatic carbocycles. The van der Waals surface area contributed by atoms with Crippen molar-refractivity contribution < 1.29 is 14.5 Å². The number of carbonyl (C=O) groups is 2. The van der Waals surface area contributed by atoms with Crippen LogP contribution in [0.3, 0.4) is 0 Å². The molecule has 6 heteroatoms. The first-order valence-electron chi connectivity index (χ1n) is 8.13. The number of amides is 2. The molecule has 2 amide bonds. The van der Waals surface area contributed by atoms with Crippen molar-refractivity contribution >= 4 is 27.7 Å². The number of benzene rings is 2. The lowest BCUT2D eigenvalue weighted by Crippen LogP contribution is -3.07. The van der Waals surface area contributed by atoms with Crippen LogP contribution in [0.25, 0.3) is 0 Å². The number of hydrogen-bond donors (Lipinski definition) is 3. The van der Waals surface area contributed by atoms with Gasteiger partial charge in [0.05, 0.1) is 27.2 Å². The van der Waals surface area contributed by atoms with Crippen LogP contribution in [0, 0.1) is 0 Å². The minimum atomic E-state index is -0.263. The zero-order valence-electron chi connectivity index (χ0n) is 14.4. The second-order valence-corrected chi connectivity index (χ2v) is 6.95. The van der Waals surface area contributed by atoms with Crippen LogP contribution in [-0.4, -0.2) is 39.0 Å². The maximum atomic E-state index is 12.0. The van der Waals surface area contributed by atoms with Crippen molar-refractivity contribution in [2.45, 2.75) is 6.04 Å². The number of quaternary nitrogens is 1. The fourth-order valence-electron chi connectivity index (χ4n) is 2.48. The number of hydrogen-bond acceptors (Lipinski definition) is 2. The summed E-state index contributed by atoms with van der Waals surface area (Å²) in [5, 5.41) is 5.53. The average Bonchev–Trinajstić information content (AvgIpc) is 2.61. The molecular formula is C19H23BrN3O2+. The Morgan fingerprint density at radius 3 is 2.24 bits per heavy atom. The highest BCUT2D eigenvalue weighted by molar-refractivity contribution is 9.10. The molecule has 0 aliphatic rings. The molecule has 0 fully saturated rings. The summed E-state index contributed by atoms with van der Waals surface area (Å²) in [6.45, 7) is 0.471. The van der Waals surface area contributed by atoms with E-state index in [1.165, 1.54) is 10.5 Å². The fourth-order valence-corrected chi connectivity index (χ4v) is 2.75. The van der Waals surface area contributed by atoms with Gasteiger partial charge in [0, 0.05) is 15.6 Å². The van der Waals surface area contributed by atoms with Gasteiger partial charge >= 0.3 is 0 Å². The highest BCUT2D eigenvalue weighted by Gasteiger charge is 2.18. The molecule has 1 atom stereocenters. The summed E-state index contributed by atoms with van der Waals surface area (Å²) < 4.78 is 0.903. The zero-order valence-corrected chi connectivity index (χ0v) is 16.0. The number of nitrogens with one attached hydrogen (secondary N) is 3. The number of halogens is 1. The van der Waals surface area contributed by atoms with Gasteiger partial charge in [-0.05, 0) is 24.3 Å². The number of likely N-dealkylation sites (N-methyl/N-ethyl adjacent to an activating group) is 1. The summed E-state index contributed by atoms with van der Waals surface area (Å²) in [5.74, 6) is -0.465. The molecule has 0 unspecified atom stereocenters. The molecule has 3 N–H and O–H groups in total. The van der Waals surface area contributed by atoms with Crippen LogP contribution >= 0.6 is 15.9 Å². The van der Waals surface area contributed by atoms with Gasteiger partial charge in [0.25, 0.3) is 5.91 Å². The molecule has 0 bridgehead atoms. The third-order valence-electron chi connectivity index (χ3n) is 3.92. The molecule has 0 radical (unpaired) electrons. The Morgan fingerprint density at radius 2 is 1.64 bits per heavy atom. The maximum Gasteiger partial charge on any atom is 0.251 e. The van der Waals surface area contributed by atoms with E-state index in [1.54, 1.807) is 24.3 Å². The molecule has 0 aliphatic carbocycles. The van der Waals surface area contributed by atoms with Crippen LogP contribution in [0.4, 0.5) is 0 Å². The van der Waals surface area contributed by atoms with Crippen LogP contribution < -0.4 is 15.5 Å². The average molecular weight is 405 g/mol. The van der Waals surface area contributed by atoms with Crippen molar-refractivity contribution in [2.75, 3.05) is 27.2 Å². The predicted octanol–water partition coefficient (Wildman–Crippen LogP) is 1.18. The highest BCUT2D eigenvalue weighted by atomic mass is 79.9. The lowest BCUT2D eigenvalue weighted by atomic mass is 10.1. The van der Waals surface area contributed by atoms with Gasteiger partial charge in [0.1, 0.15) is 6.04 Å².